The molecule has 1 fully saturated rings. The summed E-state index contributed by atoms with van der Waals surface area (Å²) >= 11 is 0. The monoisotopic (exact) mass is 603 g/mol. The molecular formula is C29H41F3NO7P. The molecule has 2 aromatic carbocycles. The van der Waals surface area contributed by atoms with Gasteiger partial charge in [0.15, 0.2) is 0 Å². The van der Waals surface area contributed by atoms with E-state index in [0.717, 1.165) is 32.1 Å². The van der Waals surface area contributed by atoms with E-state index in [1.165, 1.54) is 37.3 Å². The van der Waals surface area contributed by atoms with Crippen LogP contribution in [-0.2, 0) is 25.5 Å². The van der Waals surface area contributed by atoms with E-state index in [2.05, 4.69) is 12.2 Å². The summed E-state index contributed by atoms with van der Waals surface area (Å²) < 4.78 is 70.5. The van der Waals surface area contributed by atoms with E-state index in [-0.39, 0.29) is 28.2 Å². The third-order valence-corrected chi connectivity index (χ3v) is 7.72. The zero-order chi connectivity index (χ0) is 30.6. The summed E-state index contributed by atoms with van der Waals surface area (Å²) in [7, 11) is -4.94. The molecule has 8 nitrogen and oxygen atoms in total. The van der Waals surface area contributed by atoms with E-state index in [9.17, 15) is 32.3 Å². The minimum absolute atomic E-state index is 0.0918. The van der Waals surface area contributed by atoms with Gasteiger partial charge in [-0.25, -0.2) is 9.36 Å². The van der Waals surface area contributed by atoms with Crippen LogP contribution < -0.4 is 10.1 Å². The molecule has 0 bridgehead atoms. The minimum Gasteiger partial charge on any atom is -0.490 e. The van der Waals surface area contributed by atoms with Crippen molar-refractivity contribution in [3.8, 4) is 5.75 Å². The molecule has 1 amide bonds. The van der Waals surface area contributed by atoms with Gasteiger partial charge in [0.2, 0.25) is 0 Å². The Morgan fingerprint density at radius 3 is 2.27 bits per heavy atom. The molecule has 0 unspecified atom stereocenters. The van der Waals surface area contributed by atoms with Gasteiger partial charge >= 0.3 is 20.1 Å². The number of carbonyl (C=O) groups excluding carboxylic acids is 1. The Kier molecular flexibility index (Phi) is 10.4. The van der Waals surface area contributed by atoms with Crippen LogP contribution in [0.25, 0.3) is 10.8 Å². The number of hydrogen-bond donors (Lipinski definition) is 3. The van der Waals surface area contributed by atoms with E-state index in [0.29, 0.717) is 18.8 Å². The number of unbranched alkanes of at least 4 members (excludes halogenated alkanes) is 1. The molecule has 1 atom stereocenters. The Bertz CT molecular complexity index is 1250. The Morgan fingerprint density at radius 1 is 1.05 bits per heavy atom. The van der Waals surface area contributed by atoms with Crippen LogP contribution in [-0.4, -0.2) is 34.2 Å². The number of phosphoric acid groups is 1. The summed E-state index contributed by atoms with van der Waals surface area (Å²) in [6.45, 7) is 7.83. The first-order valence-corrected chi connectivity index (χ1v) is 15.5. The number of hydrogen-bond acceptors (Lipinski definition) is 5. The third kappa shape index (κ3) is 9.60. The van der Waals surface area contributed by atoms with Gasteiger partial charge in [-0.2, -0.15) is 13.2 Å². The lowest BCUT2D eigenvalue weighted by atomic mass is 9.84. The van der Waals surface area contributed by atoms with E-state index in [1.807, 2.05) is 0 Å². The zero-order valence-corrected chi connectivity index (χ0v) is 25.1. The fraction of sp³-hybridized carbons (Fsp3) is 0.621. The number of amides is 1. The van der Waals surface area contributed by atoms with Crippen LogP contribution in [0.2, 0.25) is 0 Å². The van der Waals surface area contributed by atoms with Crippen molar-refractivity contribution in [1.82, 2.24) is 5.32 Å². The van der Waals surface area contributed by atoms with Crippen LogP contribution in [0.4, 0.5) is 18.0 Å². The van der Waals surface area contributed by atoms with Crippen molar-refractivity contribution in [2.75, 3.05) is 6.61 Å². The maximum Gasteiger partial charge on any atom is 0.469 e. The number of rotatable bonds is 10. The molecule has 0 radical (unpaired) electrons. The molecule has 1 aliphatic carbocycles. The molecule has 3 N–H and O–H groups in total. The molecule has 12 heteroatoms. The molecule has 230 valence electrons. The van der Waals surface area contributed by atoms with Gasteiger partial charge in [-0.05, 0) is 87.8 Å². The first-order valence-electron chi connectivity index (χ1n) is 13.9. The Balaban J connectivity index is 1.95. The second-order valence-corrected chi connectivity index (χ2v) is 13.2. The Labute approximate surface area is 239 Å². The molecule has 41 heavy (non-hydrogen) atoms. The molecule has 0 heterocycles. The van der Waals surface area contributed by atoms with Crippen molar-refractivity contribution in [3.63, 3.8) is 0 Å². The summed E-state index contributed by atoms with van der Waals surface area (Å²) in [5, 5.41) is 2.67. The second-order valence-electron chi connectivity index (χ2n) is 12.0. The van der Waals surface area contributed by atoms with E-state index >= 15 is 0 Å². The van der Waals surface area contributed by atoms with E-state index in [1.54, 1.807) is 20.8 Å². The molecule has 1 aliphatic rings. The summed E-state index contributed by atoms with van der Waals surface area (Å²) in [6, 6.07) is 6.87. The fourth-order valence-electron chi connectivity index (χ4n) is 5.19. The summed E-state index contributed by atoms with van der Waals surface area (Å²) in [5.41, 5.74) is -3.05. The molecule has 2 aromatic rings. The smallest absolute Gasteiger partial charge is 0.469 e. The fourth-order valence-corrected chi connectivity index (χ4v) is 5.61. The number of ether oxygens (including phenoxy) is 2. The number of phosphoric ester groups is 1. The molecular weight excluding hydrogens is 562 g/mol. The predicted octanol–water partition coefficient (Wildman–Crippen LogP) is 7.84. The minimum atomic E-state index is -4.94. The maximum absolute atomic E-state index is 14.4. The molecule has 0 aliphatic heterocycles. The maximum atomic E-state index is 14.4. The lowest BCUT2D eigenvalue weighted by Gasteiger charge is -2.33. The van der Waals surface area contributed by atoms with Crippen molar-refractivity contribution < 1.29 is 46.3 Å². The lowest BCUT2D eigenvalue weighted by molar-refractivity contribution is -0.138. The van der Waals surface area contributed by atoms with Crippen LogP contribution in [0.5, 0.6) is 5.75 Å². The van der Waals surface area contributed by atoms with Gasteiger partial charge in [0, 0.05) is 0 Å². The first-order chi connectivity index (χ1) is 18.9. The van der Waals surface area contributed by atoms with Crippen molar-refractivity contribution in [2.24, 2.45) is 5.92 Å². The SMILES string of the molecule is CCCC[C@H]1CC[C@@H](Oc2ccc3cc([C@](C)(COP(=O)(O)O)NC(=O)OC(C)(C)C)ccc3c2C(F)(F)F)CC1. The van der Waals surface area contributed by atoms with E-state index in [4.69, 9.17) is 14.0 Å². The summed E-state index contributed by atoms with van der Waals surface area (Å²) in [4.78, 5) is 31.1. The highest BCUT2D eigenvalue weighted by Crippen LogP contribution is 2.44. The van der Waals surface area contributed by atoms with Gasteiger partial charge in [-0.3, -0.25) is 4.52 Å². The van der Waals surface area contributed by atoms with Gasteiger partial charge in [-0.1, -0.05) is 44.4 Å². The number of halogens is 3. The Hall–Kier alpha value is -2.33. The predicted molar refractivity (Wildman–Crippen MR) is 150 cm³/mol. The second kappa shape index (κ2) is 12.9. The molecule has 3 rings (SSSR count). The topological polar surface area (TPSA) is 114 Å². The molecule has 0 spiro atoms. The standard InChI is InChI=1S/C29H41F3NO7P/c1-6-7-8-19-9-13-22(14-10-19)39-24-16-11-20-17-21(12-15-23(20)25(24)29(30,31)32)28(5,18-38-41(35,36)37)33-26(34)40-27(2,3)4/h11-12,15-17,19,22H,6-10,13-14,18H2,1-5H3,(H,33,34)(H2,35,36,37)/t19-,22+,28-/m0/s1. The molecule has 0 saturated heterocycles. The average Bonchev–Trinajstić information content (AvgIpc) is 2.84. The van der Waals surface area contributed by atoms with Crippen LogP contribution in [0.1, 0.15) is 90.7 Å². The van der Waals surface area contributed by atoms with Gasteiger partial charge in [0.05, 0.1) is 18.2 Å². The van der Waals surface area contributed by atoms with Crippen molar-refractivity contribution in [1.29, 1.82) is 0 Å². The number of benzene rings is 2. The number of alkyl halides is 3. The number of carbonyl (C=O) groups is 1. The van der Waals surface area contributed by atoms with Crippen molar-refractivity contribution in [3.05, 3.63) is 41.5 Å². The Morgan fingerprint density at radius 2 is 1.71 bits per heavy atom. The van der Waals surface area contributed by atoms with Crippen LogP contribution in [0.15, 0.2) is 30.3 Å². The lowest BCUT2D eigenvalue weighted by Crippen LogP contribution is -2.48. The van der Waals surface area contributed by atoms with E-state index < -0.39 is 43.4 Å². The molecule has 0 aromatic heterocycles. The van der Waals surface area contributed by atoms with Crippen LogP contribution in [0, 0.1) is 5.92 Å². The van der Waals surface area contributed by atoms with Crippen LogP contribution in [0.3, 0.4) is 0 Å². The van der Waals surface area contributed by atoms with Gasteiger partial charge < -0.3 is 24.6 Å². The quantitative estimate of drug-likeness (QED) is 0.237. The summed E-state index contributed by atoms with van der Waals surface area (Å²) in [5.74, 6) is 0.360. The van der Waals surface area contributed by atoms with Crippen molar-refractivity contribution in [2.45, 2.75) is 103 Å². The number of alkyl carbamates (subject to hydrolysis) is 1. The van der Waals surface area contributed by atoms with Crippen molar-refractivity contribution >= 4 is 24.7 Å². The first kappa shape index (κ1) is 33.2. The van der Waals surface area contributed by atoms with Gasteiger partial charge in [-0.15, -0.1) is 0 Å². The normalized spacial score (nSPS) is 20.0. The molecule has 1 saturated carbocycles. The highest BCUT2D eigenvalue weighted by molar-refractivity contribution is 7.46. The highest BCUT2D eigenvalue weighted by atomic mass is 31.2. The summed E-state index contributed by atoms with van der Waals surface area (Å²) in [6.07, 6.45) is 0.803. The third-order valence-electron chi connectivity index (χ3n) is 7.25. The zero-order valence-electron chi connectivity index (χ0n) is 24.2. The van der Waals surface area contributed by atoms with Gasteiger partial charge in [0.25, 0.3) is 0 Å². The number of fused-ring (bicyclic) bond motifs is 1. The largest absolute Gasteiger partial charge is 0.490 e. The average molecular weight is 604 g/mol. The van der Waals surface area contributed by atoms with Crippen LogP contribution >= 0.6 is 7.82 Å². The van der Waals surface area contributed by atoms with Gasteiger partial charge in [0.1, 0.15) is 16.9 Å². The number of nitrogens with one attached hydrogen (secondary N) is 1. The highest BCUT2D eigenvalue weighted by Gasteiger charge is 2.39.